The third-order valence-electron chi connectivity index (χ3n) is 7.44. The number of hydrogen-bond acceptors (Lipinski definition) is 3. The Balaban J connectivity index is 2.72. The Morgan fingerprint density at radius 1 is 0.595 bits per heavy atom. The molecule has 0 unspecified atom stereocenters. The summed E-state index contributed by atoms with van der Waals surface area (Å²) in [5.41, 5.74) is 6.91. The van der Waals surface area contributed by atoms with Gasteiger partial charge in [0, 0.05) is 27.9 Å². The molecule has 206 valence electrons. The summed E-state index contributed by atoms with van der Waals surface area (Å²) in [5.74, 6) is 0. The second kappa shape index (κ2) is 10.1. The van der Waals surface area contributed by atoms with Crippen LogP contribution in [0.1, 0.15) is 132 Å². The summed E-state index contributed by atoms with van der Waals surface area (Å²) in [5, 5.41) is 6.05. The van der Waals surface area contributed by atoms with E-state index in [-0.39, 0.29) is 21.7 Å². The molecule has 3 rings (SSSR count). The van der Waals surface area contributed by atoms with Crippen LogP contribution in [0.5, 0.6) is 0 Å². The highest BCUT2D eigenvalue weighted by Gasteiger charge is 2.28. The summed E-state index contributed by atoms with van der Waals surface area (Å²) in [7, 11) is -1.37. The quantitative estimate of drug-likeness (QED) is 0.368. The van der Waals surface area contributed by atoms with E-state index in [4.69, 9.17) is 8.39 Å². The maximum atomic E-state index is 6.92. The van der Waals surface area contributed by atoms with E-state index in [9.17, 15) is 0 Å². The van der Waals surface area contributed by atoms with Crippen LogP contribution >= 0.6 is 8.16 Å². The van der Waals surface area contributed by atoms with E-state index < -0.39 is 8.16 Å². The number of benzene rings is 2. The average Bonchev–Trinajstić information content (AvgIpc) is 2.89. The molecule has 1 N–H and O–H groups in total. The van der Waals surface area contributed by atoms with Gasteiger partial charge in [0.25, 0.3) is 0 Å². The number of nitrogens with one attached hydrogen (secondary N) is 1. The van der Waals surface area contributed by atoms with Gasteiger partial charge in [-0.05, 0) is 57.8 Å². The summed E-state index contributed by atoms with van der Waals surface area (Å²) in [6.45, 7) is 31.9. The Bertz CT molecular complexity index is 1210. The van der Waals surface area contributed by atoms with Gasteiger partial charge in [0.1, 0.15) is 11.2 Å². The molecule has 0 aliphatic rings. The van der Waals surface area contributed by atoms with E-state index in [0.29, 0.717) is 6.04 Å². The van der Waals surface area contributed by atoms with E-state index in [0.717, 1.165) is 34.8 Å². The lowest BCUT2D eigenvalue weighted by atomic mass is 9.77. The second-order valence-corrected chi connectivity index (χ2v) is 16.0. The van der Waals surface area contributed by atoms with Crippen LogP contribution in [0.25, 0.3) is 21.9 Å². The van der Waals surface area contributed by atoms with Crippen LogP contribution < -0.4 is 5.09 Å². The van der Waals surface area contributed by atoms with Crippen LogP contribution in [0.15, 0.2) is 32.7 Å². The Hall–Kier alpha value is -1.70. The number of rotatable bonds is 4. The fourth-order valence-corrected chi connectivity index (χ4v) is 6.22. The summed E-state index contributed by atoms with van der Waals surface area (Å²) in [6, 6.07) is 9.80. The zero-order valence-corrected chi connectivity index (χ0v) is 27.0. The van der Waals surface area contributed by atoms with Gasteiger partial charge in [0.15, 0.2) is 0 Å². The molecule has 0 aliphatic heterocycles. The molecule has 0 fully saturated rings. The van der Waals surface area contributed by atoms with Crippen molar-refractivity contribution in [3.63, 3.8) is 0 Å². The summed E-state index contributed by atoms with van der Waals surface area (Å²) in [4.78, 5) is 0. The minimum absolute atomic E-state index is 0.00928. The second-order valence-electron chi connectivity index (χ2n) is 14.9. The Labute approximate surface area is 227 Å². The van der Waals surface area contributed by atoms with E-state index >= 15 is 0 Å². The molecule has 1 aromatic heterocycles. The third-order valence-corrected chi connectivity index (χ3v) is 8.71. The summed E-state index contributed by atoms with van der Waals surface area (Å²) < 4.78 is 13.8. The lowest BCUT2D eigenvalue weighted by Crippen LogP contribution is -2.17. The van der Waals surface area contributed by atoms with Crippen LogP contribution in [0.3, 0.4) is 0 Å². The zero-order chi connectivity index (χ0) is 28.1. The van der Waals surface area contributed by atoms with Gasteiger partial charge in [-0.15, -0.1) is 0 Å². The molecule has 4 heteroatoms. The monoisotopic (exact) mass is 525 g/mol. The minimum Gasteiger partial charge on any atom is -0.408 e. The van der Waals surface area contributed by atoms with Gasteiger partial charge >= 0.3 is 8.16 Å². The molecule has 0 saturated heterocycles. The lowest BCUT2D eigenvalue weighted by Gasteiger charge is -2.27. The molecule has 3 aromatic rings. The van der Waals surface area contributed by atoms with E-state index in [1.54, 1.807) is 0 Å². The van der Waals surface area contributed by atoms with Crippen molar-refractivity contribution >= 4 is 30.1 Å². The normalized spacial score (nSPS) is 13.7. The summed E-state index contributed by atoms with van der Waals surface area (Å²) >= 11 is 0. The molecule has 0 bridgehead atoms. The lowest BCUT2D eigenvalue weighted by molar-refractivity contribution is 0.554. The van der Waals surface area contributed by atoms with Crippen molar-refractivity contribution in [3.05, 3.63) is 46.5 Å². The van der Waals surface area contributed by atoms with Crippen molar-refractivity contribution in [2.75, 3.05) is 5.09 Å². The average molecular weight is 526 g/mol. The Morgan fingerprint density at radius 3 is 1.22 bits per heavy atom. The molecule has 0 aliphatic carbocycles. The van der Waals surface area contributed by atoms with Gasteiger partial charge < -0.3 is 8.39 Å². The van der Waals surface area contributed by atoms with Gasteiger partial charge in [0.05, 0.1) is 0 Å². The standard InChI is InChI=1S/C33H52NO2P/c1-15-23(16-2)34-37-35-28-24(17-21(30(3,4)5)19-26(28)32(9,10)11)25-18-22(31(6,7)8)20-27(29(25)36-37)33(12,13)14/h17-20,23,34H,15-16H2,1-14H3. The van der Waals surface area contributed by atoms with Crippen LogP contribution in [0, 0.1) is 0 Å². The highest BCUT2D eigenvalue weighted by Crippen LogP contribution is 2.45. The molecule has 3 nitrogen and oxygen atoms in total. The van der Waals surface area contributed by atoms with Crippen molar-refractivity contribution < 1.29 is 8.39 Å². The molecule has 0 spiro atoms. The first-order chi connectivity index (χ1) is 16.8. The SMILES string of the molecule is CCC(CC)Np1oc2c(C(C)(C)C)cc(C(C)(C)C)cc2c2cc(C(C)(C)C)cc(C(C)(C)C)c2o1. The van der Waals surface area contributed by atoms with Crippen molar-refractivity contribution in [2.45, 2.75) is 137 Å². The van der Waals surface area contributed by atoms with Gasteiger partial charge in [-0.3, -0.25) is 0 Å². The first-order valence-electron chi connectivity index (χ1n) is 14.1. The highest BCUT2D eigenvalue weighted by molar-refractivity contribution is 7.38. The molecule has 0 saturated carbocycles. The molecule has 1 heterocycles. The first-order valence-corrected chi connectivity index (χ1v) is 15.3. The number of fused-ring (bicyclic) bond motifs is 3. The molecule has 0 radical (unpaired) electrons. The largest absolute Gasteiger partial charge is 0.408 e. The van der Waals surface area contributed by atoms with Gasteiger partial charge in [-0.2, -0.15) is 0 Å². The van der Waals surface area contributed by atoms with Crippen molar-refractivity contribution in [2.24, 2.45) is 0 Å². The Morgan fingerprint density at radius 2 is 0.946 bits per heavy atom. The topological polar surface area (TPSA) is 38.3 Å². The van der Waals surface area contributed by atoms with Crippen molar-refractivity contribution in [3.8, 4) is 0 Å². The number of hydrogen-bond donors (Lipinski definition) is 1. The maximum Gasteiger partial charge on any atom is 0.307 e. The van der Waals surface area contributed by atoms with E-state index in [1.807, 2.05) is 0 Å². The third kappa shape index (κ3) is 6.48. The molecule has 2 aromatic carbocycles. The van der Waals surface area contributed by atoms with Crippen LogP contribution in [-0.4, -0.2) is 6.04 Å². The highest BCUT2D eigenvalue weighted by atomic mass is 31.1. The van der Waals surface area contributed by atoms with E-state index in [2.05, 4.69) is 126 Å². The van der Waals surface area contributed by atoms with Crippen molar-refractivity contribution in [1.82, 2.24) is 0 Å². The predicted octanol–water partition coefficient (Wildman–Crippen LogP) is 11.2. The summed E-state index contributed by atoms with van der Waals surface area (Å²) in [6.07, 6.45) is 2.07. The van der Waals surface area contributed by atoms with Crippen molar-refractivity contribution in [1.29, 1.82) is 0 Å². The zero-order valence-electron chi connectivity index (χ0n) is 26.1. The molecule has 37 heavy (non-hydrogen) atoms. The van der Waals surface area contributed by atoms with Crippen LogP contribution in [0.2, 0.25) is 0 Å². The molecule has 0 amide bonds. The Kier molecular flexibility index (Phi) is 8.17. The molecular weight excluding hydrogens is 473 g/mol. The van der Waals surface area contributed by atoms with Gasteiger partial charge in [0.2, 0.25) is 0 Å². The van der Waals surface area contributed by atoms with Gasteiger partial charge in [-0.1, -0.05) is 109 Å². The van der Waals surface area contributed by atoms with Crippen LogP contribution in [0.4, 0.5) is 0 Å². The maximum absolute atomic E-state index is 6.92. The van der Waals surface area contributed by atoms with Gasteiger partial charge in [-0.25, -0.2) is 5.09 Å². The minimum atomic E-state index is -1.37. The fraction of sp³-hybridized carbons (Fsp3) is 0.636. The predicted molar refractivity (Wildman–Crippen MR) is 165 cm³/mol. The van der Waals surface area contributed by atoms with Crippen LogP contribution in [-0.2, 0) is 21.7 Å². The first kappa shape index (κ1) is 29.9. The molecule has 0 atom stereocenters. The van der Waals surface area contributed by atoms with E-state index in [1.165, 1.54) is 22.3 Å². The smallest absolute Gasteiger partial charge is 0.307 e. The molecular formula is C33H52NO2P. The fourth-order valence-electron chi connectivity index (χ4n) is 4.69.